The van der Waals surface area contributed by atoms with E-state index < -0.39 is 54.4 Å². The van der Waals surface area contributed by atoms with E-state index >= 15 is 0 Å². The van der Waals surface area contributed by atoms with Gasteiger partial charge >= 0.3 is 5.97 Å². The number of esters is 1. The third-order valence-electron chi connectivity index (χ3n) is 3.20. The number of carbonyl (C=O) groups excluding carboxylic acids is 6. The van der Waals surface area contributed by atoms with Crippen LogP contribution in [0, 0.1) is 0 Å². The van der Waals surface area contributed by atoms with E-state index in [0.29, 0.717) is 0 Å². The molecule has 0 aromatic carbocycles. The molecular formula is C16H24N2O8. The predicted octanol–water partition coefficient (Wildman–Crippen LogP) is -0.960. The zero-order valence-electron chi connectivity index (χ0n) is 15.2. The highest BCUT2D eigenvalue weighted by atomic mass is 16.5. The molecule has 0 spiro atoms. The van der Waals surface area contributed by atoms with E-state index in [2.05, 4.69) is 10.6 Å². The first kappa shape index (κ1) is 23.4. The molecule has 146 valence electrons. The monoisotopic (exact) mass is 372 g/mol. The Morgan fingerprint density at radius 3 is 1.81 bits per heavy atom. The molecule has 10 nitrogen and oxygen atoms in total. The van der Waals surface area contributed by atoms with Gasteiger partial charge in [0.15, 0.2) is 17.7 Å². The third-order valence-corrected chi connectivity index (χ3v) is 3.20. The van der Waals surface area contributed by atoms with Gasteiger partial charge in [-0.3, -0.25) is 28.8 Å². The first-order valence-electron chi connectivity index (χ1n) is 7.87. The number of Topliss-reactive ketones (excluding diaryl/α,β-unsaturated/α-hetero) is 3. The van der Waals surface area contributed by atoms with Crippen LogP contribution in [-0.2, 0) is 38.2 Å². The summed E-state index contributed by atoms with van der Waals surface area (Å²) in [6.07, 6.45) is -3.34. The molecule has 0 aliphatic heterocycles. The van der Waals surface area contributed by atoms with Crippen LogP contribution >= 0.6 is 0 Å². The Bertz CT molecular complexity index is 573. The van der Waals surface area contributed by atoms with E-state index in [1.165, 1.54) is 27.9 Å². The molecule has 0 radical (unpaired) electrons. The second-order valence-corrected chi connectivity index (χ2v) is 5.55. The fourth-order valence-corrected chi connectivity index (χ4v) is 1.62. The number of amides is 2. The Morgan fingerprint density at radius 2 is 1.31 bits per heavy atom. The molecule has 2 N–H and O–H groups in total. The summed E-state index contributed by atoms with van der Waals surface area (Å²) in [6.45, 7) is 3.78. The highest BCUT2D eigenvalue weighted by molar-refractivity contribution is 6.03. The van der Waals surface area contributed by atoms with Crippen LogP contribution in [0.5, 0.6) is 0 Å². The van der Waals surface area contributed by atoms with Gasteiger partial charge in [0.25, 0.3) is 0 Å². The molecule has 0 rings (SSSR count). The molecule has 0 aromatic heterocycles. The number of methoxy groups -OCH3 is 1. The maximum absolute atomic E-state index is 11.8. The van der Waals surface area contributed by atoms with Crippen molar-refractivity contribution in [2.24, 2.45) is 0 Å². The third kappa shape index (κ3) is 10.3. The smallest absolute Gasteiger partial charge is 0.316 e. The molecule has 0 aromatic rings. The zero-order valence-corrected chi connectivity index (χ0v) is 15.2. The van der Waals surface area contributed by atoms with Crippen LogP contribution in [0.2, 0.25) is 0 Å². The van der Waals surface area contributed by atoms with Crippen LogP contribution in [0.3, 0.4) is 0 Å². The van der Waals surface area contributed by atoms with E-state index in [4.69, 9.17) is 9.47 Å². The van der Waals surface area contributed by atoms with Crippen LogP contribution in [-0.4, -0.2) is 61.1 Å². The molecule has 10 heteroatoms. The van der Waals surface area contributed by atoms with E-state index in [-0.39, 0.29) is 18.9 Å². The molecule has 2 unspecified atom stereocenters. The van der Waals surface area contributed by atoms with Gasteiger partial charge in [-0.2, -0.15) is 0 Å². The summed E-state index contributed by atoms with van der Waals surface area (Å²) in [7, 11) is 1.33. The predicted molar refractivity (Wildman–Crippen MR) is 87.7 cm³/mol. The van der Waals surface area contributed by atoms with Gasteiger partial charge in [0, 0.05) is 7.11 Å². The van der Waals surface area contributed by atoms with Crippen molar-refractivity contribution < 1.29 is 38.2 Å². The maximum Gasteiger partial charge on any atom is 0.316 e. The van der Waals surface area contributed by atoms with Gasteiger partial charge in [-0.1, -0.05) is 0 Å². The summed E-state index contributed by atoms with van der Waals surface area (Å²) in [6, 6.07) is 0. The highest BCUT2D eigenvalue weighted by Gasteiger charge is 2.24. The second kappa shape index (κ2) is 11.9. The quantitative estimate of drug-likeness (QED) is 0.253. The Balaban J connectivity index is 4.17. The van der Waals surface area contributed by atoms with Crippen molar-refractivity contribution in [1.82, 2.24) is 10.6 Å². The minimum Gasteiger partial charge on any atom is -0.454 e. The average molecular weight is 372 g/mol. The van der Waals surface area contributed by atoms with Gasteiger partial charge in [-0.25, -0.2) is 0 Å². The molecule has 2 amide bonds. The lowest BCUT2D eigenvalue weighted by Gasteiger charge is -2.13. The van der Waals surface area contributed by atoms with Crippen molar-refractivity contribution in [2.75, 3.05) is 13.8 Å². The Kier molecular flexibility index (Phi) is 10.7. The Hall–Kier alpha value is -2.62. The van der Waals surface area contributed by atoms with Crippen LogP contribution < -0.4 is 10.6 Å². The first-order chi connectivity index (χ1) is 12.1. The summed E-state index contributed by atoms with van der Waals surface area (Å²) in [5.41, 5.74) is 0. The molecule has 0 fully saturated rings. The molecular weight excluding hydrogens is 348 g/mol. The first-order valence-corrected chi connectivity index (χ1v) is 7.87. The normalized spacial score (nSPS) is 12.5. The Labute approximate surface area is 151 Å². The maximum atomic E-state index is 11.8. The minimum atomic E-state index is -1.18. The number of nitrogens with one attached hydrogen (secondary N) is 2. The molecule has 0 bridgehead atoms. The lowest BCUT2D eigenvalue weighted by atomic mass is 10.1. The summed E-state index contributed by atoms with van der Waals surface area (Å²) < 4.78 is 9.59. The highest BCUT2D eigenvalue weighted by Crippen LogP contribution is 2.03. The van der Waals surface area contributed by atoms with Gasteiger partial charge in [0.1, 0.15) is 18.3 Å². The van der Waals surface area contributed by atoms with E-state index in [1.54, 1.807) is 0 Å². The van der Waals surface area contributed by atoms with E-state index in [0.717, 1.165) is 0 Å². The minimum absolute atomic E-state index is 0.254. The zero-order chi connectivity index (χ0) is 20.3. The van der Waals surface area contributed by atoms with Crippen molar-refractivity contribution in [3.8, 4) is 0 Å². The Morgan fingerprint density at radius 1 is 0.808 bits per heavy atom. The van der Waals surface area contributed by atoms with Gasteiger partial charge in [0.05, 0.1) is 19.5 Å². The van der Waals surface area contributed by atoms with Crippen LogP contribution in [0.1, 0.15) is 40.0 Å². The summed E-state index contributed by atoms with van der Waals surface area (Å²) in [5, 5.41) is 4.50. The molecule has 26 heavy (non-hydrogen) atoms. The van der Waals surface area contributed by atoms with Gasteiger partial charge < -0.3 is 20.1 Å². The lowest BCUT2D eigenvalue weighted by molar-refractivity contribution is -0.156. The number of carbonyl (C=O) groups is 6. The standard InChI is InChI=1S/C16H24N2O8/c1-9(19)5-14(22)17-8-18-15(23)7-16(24)26-11(3)13(21)6-12(20)10(2)25-4/h10-11H,5-8H2,1-4H3,(H,17,22)(H,18,23). The van der Waals surface area contributed by atoms with Crippen molar-refractivity contribution in [3.05, 3.63) is 0 Å². The van der Waals surface area contributed by atoms with Crippen molar-refractivity contribution >= 4 is 35.1 Å². The largest absolute Gasteiger partial charge is 0.454 e. The molecule has 2 atom stereocenters. The molecule has 0 saturated heterocycles. The summed E-state index contributed by atoms with van der Waals surface area (Å²) >= 11 is 0. The number of hydrogen-bond donors (Lipinski definition) is 2. The lowest BCUT2D eigenvalue weighted by Crippen LogP contribution is -2.39. The van der Waals surface area contributed by atoms with E-state index in [1.807, 2.05) is 0 Å². The van der Waals surface area contributed by atoms with Crippen molar-refractivity contribution in [2.45, 2.75) is 52.2 Å². The van der Waals surface area contributed by atoms with Crippen LogP contribution in [0.25, 0.3) is 0 Å². The van der Waals surface area contributed by atoms with Crippen molar-refractivity contribution in [1.29, 1.82) is 0 Å². The van der Waals surface area contributed by atoms with E-state index in [9.17, 15) is 28.8 Å². The number of rotatable bonds is 12. The van der Waals surface area contributed by atoms with Gasteiger partial charge in [0.2, 0.25) is 11.8 Å². The average Bonchev–Trinajstić information content (AvgIpc) is 2.52. The molecule has 0 heterocycles. The SMILES string of the molecule is COC(C)C(=O)CC(=O)C(C)OC(=O)CC(=O)NCNC(=O)CC(C)=O. The number of ketones is 3. The molecule has 0 aliphatic carbocycles. The van der Waals surface area contributed by atoms with Crippen LogP contribution in [0.4, 0.5) is 0 Å². The molecule has 0 saturated carbocycles. The van der Waals surface area contributed by atoms with Gasteiger partial charge in [-0.05, 0) is 20.8 Å². The summed E-state index contributed by atoms with van der Waals surface area (Å²) in [4.78, 5) is 68.4. The van der Waals surface area contributed by atoms with Gasteiger partial charge in [-0.15, -0.1) is 0 Å². The summed E-state index contributed by atoms with van der Waals surface area (Å²) in [5.74, 6) is -3.62. The fraction of sp³-hybridized carbons (Fsp3) is 0.625. The van der Waals surface area contributed by atoms with Crippen molar-refractivity contribution in [3.63, 3.8) is 0 Å². The van der Waals surface area contributed by atoms with Crippen LogP contribution in [0.15, 0.2) is 0 Å². The molecule has 0 aliphatic rings. The number of ether oxygens (including phenoxy) is 2. The number of hydrogen-bond acceptors (Lipinski definition) is 8. The second-order valence-electron chi connectivity index (χ2n) is 5.55. The fourth-order valence-electron chi connectivity index (χ4n) is 1.62. The topological polar surface area (TPSA) is 145 Å².